The van der Waals surface area contributed by atoms with Gasteiger partial charge < -0.3 is 16.2 Å². The van der Waals surface area contributed by atoms with Gasteiger partial charge in [-0.25, -0.2) is 0 Å². The maximum atomic E-state index is 11.8. The van der Waals surface area contributed by atoms with Crippen molar-refractivity contribution in [3.63, 3.8) is 0 Å². The summed E-state index contributed by atoms with van der Waals surface area (Å²) in [6.45, 7) is 2.30. The molecule has 19 heavy (non-hydrogen) atoms. The molecule has 0 aromatic rings. The number of nitrogens with one attached hydrogen (secondary N) is 1. The topological polar surface area (TPSA) is 95.7 Å². The minimum absolute atomic E-state index is 0.0806. The van der Waals surface area contributed by atoms with Gasteiger partial charge in [0.1, 0.15) is 0 Å². The van der Waals surface area contributed by atoms with E-state index in [-0.39, 0.29) is 18.5 Å². The third-order valence-corrected chi connectivity index (χ3v) is 4.39. The molecular weight excluding hydrogens is 246 g/mol. The summed E-state index contributed by atoms with van der Waals surface area (Å²) in [6, 6.07) is 0.254. The first-order valence-corrected chi connectivity index (χ1v) is 7.00. The Morgan fingerprint density at radius 3 is 2.42 bits per heavy atom. The van der Waals surface area contributed by atoms with E-state index in [1.807, 2.05) is 0 Å². The van der Waals surface area contributed by atoms with Crippen LogP contribution >= 0.6 is 0 Å². The van der Waals surface area contributed by atoms with Gasteiger partial charge in [-0.3, -0.25) is 14.5 Å². The summed E-state index contributed by atoms with van der Waals surface area (Å²) in [4.78, 5) is 25.1. The van der Waals surface area contributed by atoms with Gasteiger partial charge >= 0.3 is 5.97 Å². The molecule has 0 aromatic heterocycles. The van der Waals surface area contributed by atoms with Gasteiger partial charge in [-0.05, 0) is 25.7 Å². The molecule has 108 valence electrons. The summed E-state index contributed by atoms with van der Waals surface area (Å²) in [5.74, 6) is -0.869. The second-order valence-corrected chi connectivity index (χ2v) is 5.83. The molecule has 0 spiro atoms. The van der Waals surface area contributed by atoms with Crippen molar-refractivity contribution >= 4 is 11.9 Å². The molecule has 1 amide bonds. The number of aliphatic carboxylic acids is 1. The van der Waals surface area contributed by atoms with Crippen LogP contribution in [-0.4, -0.2) is 54.1 Å². The Morgan fingerprint density at radius 1 is 1.32 bits per heavy atom. The number of likely N-dealkylation sites (tertiary alicyclic amines) is 1. The molecule has 0 bridgehead atoms. The molecule has 4 N–H and O–H groups in total. The number of hydrogen-bond donors (Lipinski definition) is 3. The molecule has 1 heterocycles. The van der Waals surface area contributed by atoms with Gasteiger partial charge in [0, 0.05) is 25.7 Å². The largest absolute Gasteiger partial charge is 0.481 e. The molecule has 0 unspecified atom stereocenters. The maximum Gasteiger partial charge on any atom is 0.311 e. The maximum absolute atomic E-state index is 11.8. The predicted octanol–water partition coefficient (Wildman–Crippen LogP) is -0.219. The van der Waals surface area contributed by atoms with Gasteiger partial charge in [-0.15, -0.1) is 0 Å². The molecular formula is C13H23N3O3. The summed E-state index contributed by atoms with van der Waals surface area (Å²) in [7, 11) is 0. The van der Waals surface area contributed by atoms with E-state index < -0.39 is 11.4 Å². The minimum atomic E-state index is -0.789. The first-order valence-electron chi connectivity index (χ1n) is 7.00. The van der Waals surface area contributed by atoms with E-state index in [1.54, 1.807) is 0 Å². The van der Waals surface area contributed by atoms with Gasteiger partial charge in [0.2, 0.25) is 5.91 Å². The summed E-state index contributed by atoms with van der Waals surface area (Å²) >= 11 is 0. The molecule has 6 heteroatoms. The number of carbonyl (C=O) groups is 2. The summed E-state index contributed by atoms with van der Waals surface area (Å²) in [5, 5.41) is 11.9. The van der Waals surface area contributed by atoms with Crippen LogP contribution in [0.1, 0.15) is 32.1 Å². The third-order valence-electron chi connectivity index (χ3n) is 4.39. The van der Waals surface area contributed by atoms with Crippen LogP contribution in [0, 0.1) is 5.41 Å². The lowest BCUT2D eigenvalue weighted by molar-refractivity contribution is -0.154. The Bertz CT molecular complexity index is 347. The normalized spacial score (nSPS) is 23.6. The number of carboxylic acids is 1. The molecule has 1 aliphatic heterocycles. The number of carbonyl (C=O) groups excluding carboxylic acids is 1. The summed E-state index contributed by atoms with van der Waals surface area (Å²) < 4.78 is 0. The van der Waals surface area contributed by atoms with Crippen molar-refractivity contribution in [3.8, 4) is 0 Å². The molecule has 0 atom stereocenters. The van der Waals surface area contributed by atoms with E-state index in [0.717, 1.165) is 32.4 Å². The molecule has 0 radical (unpaired) electrons. The summed E-state index contributed by atoms with van der Waals surface area (Å²) in [5.41, 5.74) is 5.10. The van der Waals surface area contributed by atoms with Crippen molar-refractivity contribution in [1.29, 1.82) is 0 Å². The Hall–Kier alpha value is -1.14. The second-order valence-electron chi connectivity index (χ2n) is 5.83. The van der Waals surface area contributed by atoms with E-state index in [2.05, 4.69) is 10.2 Å². The molecule has 2 aliphatic rings. The first kappa shape index (κ1) is 14.3. The van der Waals surface area contributed by atoms with Crippen LogP contribution in [0.2, 0.25) is 0 Å². The average molecular weight is 269 g/mol. The standard InChI is InChI=1S/C13H23N3O3/c14-10-2-6-16(7-3-10)8-11(17)15-9-13(12(18)19)4-1-5-13/h10H,1-9,14H2,(H,15,17)(H,18,19). The van der Waals surface area contributed by atoms with Crippen LogP contribution in [0.25, 0.3) is 0 Å². The molecule has 1 saturated carbocycles. The van der Waals surface area contributed by atoms with Crippen LogP contribution < -0.4 is 11.1 Å². The predicted molar refractivity (Wildman–Crippen MR) is 70.6 cm³/mol. The van der Waals surface area contributed by atoms with Crippen molar-refractivity contribution in [2.24, 2.45) is 11.1 Å². The first-order chi connectivity index (χ1) is 9.02. The number of hydrogen-bond acceptors (Lipinski definition) is 4. The monoisotopic (exact) mass is 269 g/mol. The minimum Gasteiger partial charge on any atom is -0.481 e. The zero-order valence-electron chi connectivity index (χ0n) is 11.2. The highest BCUT2D eigenvalue weighted by Crippen LogP contribution is 2.40. The van der Waals surface area contributed by atoms with Crippen LogP contribution in [0.5, 0.6) is 0 Å². The fourth-order valence-corrected chi connectivity index (χ4v) is 2.71. The van der Waals surface area contributed by atoms with Gasteiger partial charge in [-0.1, -0.05) is 6.42 Å². The van der Waals surface area contributed by atoms with E-state index in [0.29, 0.717) is 19.4 Å². The van der Waals surface area contributed by atoms with Gasteiger partial charge in [0.05, 0.1) is 12.0 Å². The Morgan fingerprint density at radius 2 is 1.95 bits per heavy atom. The molecule has 1 aliphatic carbocycles. The highest BCUT2D eigenvalue weighted by atomic mass is 16.4. The molecule has 1 saturated heterocycles. The van der Waals surface area contributed by atoms with Crippen LogP contribution in [0.15, 0.2) is 0 Å². The zero-order chi connectivity index (χ0) is 13.9. The number of rotatable bonds is 5. The van der Waals surface area contributed by atoms with E-state index in [1.165, 1.54) is 0 Å². The second kappa shape index (κ2) is 5.88. The van der Waals surface area contributed by atoms with Crippen molar-refractivity contribution < 1.29 is 14.7 Å². The third kappa shape index (κ3) is 3.45. The van der Waals surface area contributed by atoms with Gasteiger partial charge in [0.15, 0.2) is 0 Å². The Labute approximate surface area is 113 Å². The van der Waals surface area contributed by atoms with E-state index in [4.69, 9.17) is 5.73 Å². The van der Waals surface area contributed by atoms with Crippen molar-refractivity contribution in [2.45, 2.75) is 38.1 Å². The van der Waals surface area contributed by atoms with E-state index >= 15 is 0 Å². The number of amides is 1. The van der Waals surface area contributed by atoms with Crippen LogP contribution in [-0.2, 0) is 9.59 Å². The zero-order valence-corrected chi connectivity index (χ0v) is 11.2. The molecule has 6 nitrogen and oxygen atoms in total. The van der Waals surface area contributed by atoms with Crippen molar-refractivity contribution in [3.05, 3.63) is 0 Å². The fraction of sp³-hybridized carbons (Fsp3) is 0.846. The Kier molecular flexibility index (Phi) is 4.42. The lowest BCUT2D eigenvalue weighted by Gasteiger charge is -2.38. The smallest absolute Gasteiger partial charge is 0.311 e. The van der Waals surface area contributed by atoms with Crippen LogP contribution in [0.4, 0.5) is 0 Å². The SMILES string of the molecule is NC1CCN(CC(=O)NCC2(C(=O)O)CCC2)CC1. The fourth-order valence-electron chi connectivity index (χ4n) is 2.71. The average Bonchev–Trinajstić information content (AvgIpc) is 2.30. The Balaban J connectivity index is 1.71. The van der Waals surface area contributed by atoms with Crippen molar-refractivity contribution in [1.82, 2.24) is 10.2 Å². The lowest BCUT2D eigenvalue weighted by Crippen LogP contribution is -2.50. The van der Waals surface area contributed by atoms with E-state index in [9.17, 15) is 14.7 Å². The van der Waals surface area contributed by atoms with Crippen molar-refractivity contribution in [2.75, 3.05) is 26.2 Å². The number of nitrogens with two attached hydrogens (primary N) is 1. The highest BCUT2D eigenvalue weighted by Gasteiger charge is 2.44. The van der Waals surface area contributed by atoms with Gasteiger partial charge in [0.25, 0.3) is 0 Å². The number of nitrogens with zero attached hydrogens (tertiary/aromatic N) is 1. The number of carboxylic acid groups (broad SMARTS) is 1. The highest BCUT2D eigenvalue weighted by molar-refractivity contribution is 5.80. The number of piperidine rings is 1. The van der Waals surface area contributed by atoms with Crippen LogP contribution in [0.3, 0.4) is 0 Å². The quantitative estimate of drug-likeness (QED) is 0.641. The molecule has 2 rings (SSSR count). The molecule has 0 aromatic carbocycles. The lowest BCUT2D eigenvalue weighted by atomic mass is 9.69. The van der Waals surface area contributed by atoms with Gasteiger partial charge in [-0.2, -0.15) is 0 Å². The summed E-state index contributed by atoms with van der Waals surface area (Å²) in [6.07, 6.45) is 4.12. The molecule has 2 fully saturated rings.